The van der Waals surface area contributed by atoms with Gasteiger partial charge in [-0.3, -0.25) is 0 Å². The molecule has 0 unspecified atom stereocenters. The van der Waals surface area contributed by atoms with E-state index in [1.807, 2.05) is 0 Å². The standard InChI is InChI=1S/C22H27FN6O3/c1-30-12-22-6-8-32-17(22)10-29(11-22)21-27-19(18-20(28-21)26-13-25-18)24-7-5-14-3-4-15(23)9-16(14)31-2/h3-4,9,13,17H,5-8,10-12H2,1-2H3,(H2,24,25,26,27,28)/t17-,22+/m0/s1. The van der Waals surface area contributed by atoms with Crippen molar-refractivity contribution >= 4 is 22.9 Å². The number of H-pyrrole nitrogens is 1. The van der Waals surface area contributed by atoms with Gasteiger partial charge < -0.3 is 29.4 Å². The molecule has 32 heavy (non-hydrogen) atoms. The lowest BCUT2D eigenvalue weighted by atomic mass is 9.84. The van der Waals surface area contributed by atoms with Crippen LogP contribution in [0, 0.1) is 11.2 Å². The molecular formula is C22H27FN6O3. The Kier molecular flexibility index (Phi) is 5.56. The van der Waals surface area contributed by atoms with Gasteiger partial charge in [-0.2, -0.15) is 9.97 Å². The van der Waals surface area contributed by atoms with Gasteiger partial charge in [0.1, 0.15) is 17.1 Å². The number of aromatic nitrogens is 4. The van der Waals surface area contributed by atoms with Crippen molar-refractivity contribution in [2.45, 2.75) is 18.9 Å². The molecule has 2 aliphatic rings. The predicted octanol–water partition coefficient (Wildman–Crippen LogP) is 2.40. The van der Waals surface area contributed by atoms with Crippen LogP contribution in [0.4, 0.5) is 16.2 Å². The summed E-state index contributed by atoms with van der Waals surface area (Å²) >= 11 is 0. The van der Waals surface area contributed by atoms with Crippen LogP contribution < -0.4 is 15.0 Å². The van der Waals surface area contributed by atoms with E-state index in [4.69, 9.17) is 19.2 Å². The van der Waals surface area contributed by atoms with Crippen LogP contribution in [0.5, 0.6) is 5.75 Å². The minimum absolute atomic E-state index is 0.0224. The fourth-order valence-corrected chi connectivity index (χ4v) is 4.80. The zero-order valence-corrected chi connectivity index (χ0v) is 18.2. The second-order valence-electron chi connectivity index (χ2n) is 8.39. The highest BCUT2D eigenvalue weighted by molar-refractivity contribution is 5.83. The highest BCUT2D eigenvalue weighted by atomic mass is 19.1. The van der Waals surface area contributed by atoms with Gasteiger partial charge in [0.2, 0.25) is 5.95 Å². The third-order valence-electron chi connectivity index (χ3n) is 6.42. The smallest absolute Gasteiger partial charge is 0.229 e. The maximum atomic E-state index is 13.5. The summed E-state index contributed by atoms with van der Waals surface area (Å²) in [5.74, 6) is 1.53. The molecule has 2 saturated heterocycles. The van der Waals surface area contributed by atoms with Crippen LogP contribution in [0.25, 0.3) is 11.2 Å². The molecule has 5 rings (SSSR count). The second kappa shape index (κ2) is 8.51. The summed E-state index contributed by atoms with van der Waals surface area (Å²) in [6.45, 7) is 3.52. The highest BCUT2D eigenvalue weighted by Gasteiger charge is 2.51. The Morgan fingerprint density at radius 2 is 2.25 bits per heavy atom. The number of hydrogen-bond donors (Lipinski definition) is 2. The molecule has 170 valence electrons. The fourth-order valence-electron chi connectivity index (χ4n) is 4.80. The molecule has 0 saturated carbocycles. The number of methoxy groups -OCH3 is 2. The minimum Gasteiger partial charge on any atom is -0.496 e. The van der Waals surface area contributed by atoms with E-state index in [-0.39, 0.29) is 17.3 Å². The Balaban J connectivity index is 1.35. The number of fused-ring (bicyclic) bond motifs is 2. The number of anilines is 2. The molecule has 0 radical (unpaired) electrons. The Morgan fingerprint density at radius 3 is 3.09 bits per heavy atom. The predicted molar refractivity (Wildman–Crippen MR) is 118 cm³/mol. The number of ether oxygens (including phenoxy) is 3. The summed E-state index contributed by atoms with van der Waals surface area (Å²) in [7, 11) is 3.28. The Labute approximate surface area is 185 Å². The van der Waals surface area contributed by atoms with Crippen molar-refractivity contribution in [3.05, 3.63) is 35.9 Å². The minimum atomic E-state index is -0.316. The van der Waals surface area contributed by atoms with Crippen LogP contribution in [0.3, 0.4) is 0 Å². The van der Waals surface area contributed by atoms with Crippen molar-refractivity contribution in [1.82, 2.24) is 19.9 Å². The molecular weight excluding hydrogens is 415 g/mol. The quantitative estimate of drug-likeness (QED) is 0.549. The van der Waals surface area contributed by atoms with Crippen LogP contribution in [-0.4, -0.2) is 73.1 Å². The number of hydrogen-bond acceptors (Lipinski definition) is 8. The van der Waals surface area contributed by atoms with Crippen LogP contribution in [0.1, 0.15) is 12.0 Å². The van der Waals surface area contributed by atoms with E-state index in [1.165, 1.54) is 12.1 Å². The van der Waals surface area contributed by atoms with Gasteiger partial charge in [-0.1, -0.05) is 6.07 Å². The van der Waals surface area contributed by atoms with E-state index in [1.54, 1.807) is 26.6 Å². The summed E-state index contributed by atoms with van der Waals surface area (Å²) in [6.07, 6.45) is 3.35. The van der Waals surface area contributed by atoms with E-state index in [0.717, 1.165) is 37.2 Å². The maximum Gasteiger partial charge on any atom is 0.229 e. The molecule has 0 spiro atoms. The van der Waals surface area contributed by atoms with Crippen molar-refractivity contribution in [3.63, 3.8) is 0 Å². The number of benzene rings is 1. The van der Waals surface area contributed by atoms with Crippen molar-refractivity contribution in [2.24, 2.45) is 5.41 Å². The number of nitrogens with one attached hydrogen (secondary N) is 2. The van der Waals surface area contributed by atoms with Crippen molar-refractivity contribution in [1.29, 1.82) is 0 Å². The van der Waals surface area contributed by atoms with Crippen molar-refractivity contribution < 1.29 is 18.6 Å². The maximum absolute atomic E-state index is 13.5. The van der Waals surface area contributed by atoms with Crippen LogP contribution in [-0.2, 0) is 15.9 Å². The van der Waals surface area contributed by atoms with E-state index in [0.29, 0.717) is 42.7 Å². The van der Waals surface area contributed by atoms with Gasteiger partial charge in [0.15, 0.2) is 11.5 Å². The van der Waals surface area contributed by atoms with E-state index in [9.17, 15) is 4.39 Å². The highest BCUT2D eigenvalue weighted by Crippen LogP contribution is 2.42. The molecule has 2 atom stereocenters. The molecule has 0 amide bonds. The zero-order chi connectivity index (χ0) is 22.1. The SMILES string of the molecule is COC[C@]12CCO[C@H]1CN(c1nc(NCCc3ccc(F)cc3OC)c3[nH]cnc3n1)C2. The Bertz CT molecular complexity index is 1110. The first-order chi connectivity index (χ1) is 15.6. The van der Waals surface area contributed by atoms with Gasteiger partial charge in [0.05, 0.1) is 26.1 Å². The summed E-state index contributed by atoms with van der Waals surface area (Å²) in [4.78, 5) is 19.1. The Hall–Kier alpha value is -2.98. The first-order valence-corrected chi connectivity index (χ1v) is 10.7. The summed E-state index contributed by atoms with van der Waals surface area (Å²) in [5.41, 5.74) is 2.26. The molecule has 2 fully saturated rings. The van der Waals surface area contributed by atoms with E-state index >= 15 is 0 Å². The lowest BCUT2D eigenvalue weighted by Crippen LogP contribution is -2.34. The lowest BCUT2D eigenvalue weighted by Gasteiger charge is -2.26. The fraction of sp³-hybridized carbons (Fsp3) is 0.500. The molecule has 10 heteroatoms. The first kappa shape index (κ1) is 20.9. The molecule has 2 aliphatic heterocycles. The van der Waals surface area contributed by atoms with Gasteiger partial charge >= 0.3 is 0 Å². The molecule has 1 aromatic carbocycles. The largest absolute Gasteiger partial charge is 0.496 e. The van der Waals surface area contributed by atoms with Gasteiger partial charge in [0, 0.05) is 44.8 Å². The summed E-state index contributed by atoms with van der Waals surface area (Å²) in [6, 6.07) is 4.58. The second-order valence-corrected chi connectivity index (χ2v) is 8.39. The molecule has 9 nitrogen and oxygen atoms in total. The number of imidazole rings is 1. The number of nitrogens with zero attached hydrogens (tertiary/aromatic N) is 4. The topological polar surface area (TPSA) is 97.4 Å². The van der Waals surface area contributed by atoms with Gasteiger partial charge in [-0.15, -0.1) is 0 Å². The monoisotopic (exact) mass is 442 g/mol. The molecule has 3 aromatic rings. The van der Waals surface area contributed by atoms with E-state index in [2.05, 4.69) is 25.2 Å². The van der Waals surface area contributed by atoms with Gasteiger partial charge in [0.25, 0.3) is 0 Å². The average molecular weight is 442 g/mol. The molecule has 2 aromatic heterocycles. The van der Waals surface area contributed by atoms with Crippen molar-refractivity contribution in [3.8, 4) is 5.75 Å². The van der Waals surface area contributed by atoms with Crippen LogP contribution in [0.2, 0.25) is 0 Å². The average Bonchev–Trinajstić information content (AvgIpc) is 3.48. The molecule has 0 bridgehead atoms. The van der Waals surface area contributed by atoms with Gasteiger partial charge in [-0.05, 0) is 24.5 Å². The molecule has 0 aliphatic carbocycles. The summed E-state index contributed by atoms with van der Waals surface area (Å²) < 4.78 is 30.3. The third-order valence-corrected chi connectivity index (χ3v) is 6.42. The lowest BCUT2D eigenvalue weighted by molar-refractivity contribution is 0.0331. The summed E-state index contributed by atoms with van der Waals surface area (Å²) in [5, 5.41) is 3.38. The Morgan fingerprint density at radius 1 is 1.34 bits per heavy atom. The van der Waals surface area contributed by atoms with Crippen LogP contribution >= 0.6 is 0 Å². The molecule has 4 heterocycles. The number of aromatic amines is 1. The number of rotatable bonds is 8. The first-order valence-electron chi connectivity index (χ1n) is 10.7. The van der Waals surface area contributed by atoms with E-state index < -0.39 is 0 Å². The molecule has 2 N–H and O–H groups in total. The normalized spacial score (nSPS) is 22.5. The van der Waals surface area contributed by atoms with Crippen molar-refractivity contribution in [2.75, 3.05) is 57.3 Å². The number of halogens is 1. The van der Waals surface area contributed by atoms with Gasteiger partial charge in [-0.25, -0.2) is 9.37 Å². The zero-order valence-electron chi connectivity index (χ0n) is 18.2. The third kappa shape index (κ3) is 3.73. The van der Waals surface area contributed by atoms with Crippen LogP contribution in [0.15, 0.2) is 24.5 Å².